The van der Waals surface area contributed by atoms with Crippen molar-refractivity contribution in [1.82, 2.24) is 24.8 Å². The van der Waals surface area contributed by atoms with E-state index in [1.54, 1.807) is 17.0 Å². The number of aromatic nitrogens is 3. The number of benzene rings is 2. The van der Waals surface area contributed by atoms with Crippen LogP contribution in [0, 0.1) is 12.4 Å². The number of piperazine rings is 1. The molecular formula is C34H32Cl2FN7O2. The smallest absolute Gasteiger partial charge is 0.320 e. The average molecular weight is 661 g/mol. The molecule has 0 radical (unpaired) electrons. The van der Waals surface area contributed by atoms with E-state index in [-0.39, 0.29) is 35.1 Å². The van der Waals surface area contributed by atoms with E-state index in [9.17, 15) is 9.18 Å². The molecule has 9 nitrogen and oxygen atoms in total. The maximum Gasteiger partial charge on any atom is 0.320 e. The highest BCUT2D eigenvalue weighted by atomic mass is 35.5. The largest absolute Gasteiger partial charge is 0.461 e. The zero-order chi connectivity index (χ0) is 32.0. The van der Waals surface area contributed by atoms with Gasteiger partial charge in [-0.3, -0.25) is 9.69 Å². The molecule has 236 valence electrons. The number of ether oxygens (including phenoxy) is 1. The van der Waals surface area contributed by atoms with E-state index in [0.29, 0.717) is 64.8 Å². The third-order valence-corrected chi connectivity index (χ3v) is 10.3. The number of carbonyl (C=O) groups excluding carboxylic acids is 1. The van der Waals surface area contributed by atoms with Crippen LogP contribution in [0.1, 0.15) is 25.7 Å². The van der Waals surface area contributed by atoms with Crippen LogP contribution in [0.3, 0.4) is 0 Å². The quantitative estimate of drug-likeness (QED) is 0.167. The van der Waals surface area contributed by atoms with Crippen molar-refractivity contribution >= 4 is 56.7 Å². The third-order valence-electron chi connectivity index (χ3n) is 9.61. The van der Waals surface area contributed by atoms with Gasteiger partial charge >= 0.3 is 6.01 Å². The van der Waals surface area contributed by atoms with Gasteiger partial charge in [-0.25, -0.2) is 15.9 Å². The fraction of sp³-hybridized carbons (Fsp3) is 0.382. The van der Waals surface area contributed by atoms with Crippen molar-refractivity contribution in [2.45, 2.75) is 37.3 Å². The van der Waals surface area contributed by atoms with Gasteiger partial charge in [0.1, 0.15) is 24.3 Å². The van der Waals surface area contributed by atoms with Crippen molar-refractivity contribution in [3.05, 3.63) is 76.3 Å². The molecule has 2 aromatic heterocycles. The second-order valence-corrected chi connectivity index (χ2v) is 13.0. The molecule has 3 aliphatic heterocycles. The fourth-order valence-corrected chi connectivity index (χ4v) is 7.90. The molecule has 4 aromatic rings. The first-order valence-electron chi connectivity index (χ1n) is 15.5. The Bertz CT molecular complexity index is 1900. The maximum atomic E-state index is 14.6. The van der Waals surface area contributed by atoms with Crippen molar-refractivity contribution in [1.29, 1.82) is 0 Å². The van der Waals surface area contributed by atoms with Crippen LogP contribution in [0.4, 0.5) is 10.2 Å². The standard InChI is InChI=1S/C34H32Cl2FN7O2/c1-3-27(45)44-16-15-42(19-22(44)18-38-2)32-24-17-25(35)30(23-8-4-7-21-9-10-26(37)29(36)28(21)23)39-31(24)40-33(41-32)46-20-34-11-5-13-43(34)14-6-12-34/h3-4,7-10,17,22H,1,5-6,11-16,18-20H2/t22-/m0/s1. The Hall–Kier alpha value is -4.04. The monoisotopic (exact) mass is 659 g/mol. The predicted octanol–water partition coefficient (Wildman–Crippen LogP) is 6.42. The summed E-state index contributed by atoms with van der Waals surface area (Å²) < 4.78 is 21.0. The van der Waals surface area contributed by atoms with Crippen molar-refractivity contribution in [3.8, 4) is 17.3 Å². The lowest BCUT2D eigenvalue weighted by Gasteiger charge is -2.39. The minimum atomic E-state index is -0.533. The molecule has 3 saturated heterocycles. The van der Waals surface area contributed by atoms with Crippen molar-refractivity contribution < 1.29 is 13.9 Å². The number of carbonyl (C=O) groups is 1. The lowest BCUT2D eigenvalue weighted by molar-refractivity contribution is -0.128. The van der Waals surface area contributed by atoms with E-state index in [1.807, 2.05) is 23.1 Å². The molecule has 3 aliphatic rings. The Labute approximate surface area is 276 Å². The first-order valence-corrected chi connectivity index (χ1v) is 16.2. The number of amides is 1. The van der Waals surface area contributed by atoms with Gasteiger partial charge in [-0.1, -0.05) is 54.0 Å². The Balaban J connectivity index is 1.34. The molecule has 0 bridgehead atoms. The number of nitrogens with zero attached hydrogens (tertiary/aromatic N) is 7. The molecule has 46 heavy (non-hydrogen) atoms. The van der Waals surface area contributed by atoms with Gasteiger partial charge in [-0.2, -0.15) is 9.97 Å². The second kappa shape index (κ2) is 12.3. The Kier molecular flexibility index (Phi) is 8.17. The summed E-state index contributed by atoms with van der Waals surface area (Å²) >= 11 is 13.4. The molecule has 3 fully saturated rings. The molecule has 0 N–H and O–H groups in total. The first-order chi connectivity index (χ1) is 22.3. The van der Waals surface area contributed by atoms with Gasteiger partial charge in [0.05, 0.1) is 26.7 Å². The summed E-state index contributed by atoms with van der Waals surface area (Å²) in [4.78, 5) is 37.0. The normalized spacial score (nSPS) is 19.4. The Morgan fingerprint density at radius 3 is 2.70 bits per heavy atom. The Morgan fingerprint density at radius 2 is 1.93 bits per heavy atom. The minimum absolute atomic E-state index is 0.00630. The molecule has 0 aliphatic carbocycles. The summed E-state index contributed by atoms with van der Waals surface area (Å²) in [5.74, 6) is -0.175. The van der Waals surface area contributed by atoms with Gasteiger partial charge < -0.3 is 19.4 Å². The zero-order valence-corrected chi connectivity index (χ0v) is 26.7. The highest BCUT2D eigenvalue weighted by Crippen LogP contribution is 2.41. The summed E-state index contributed by atoms with van der Waals surface area (Å²) in [6, 6.07) is 10.1. The predicted molar refractivity (Wildman–Crippen MR) is 178 cm³/mol. The van der Waals surface area contributed by atoms with Crippen LogP contribution >= 0.6 is 23.2 Å². The summed E-state index contributed by atoms with van der Waals surface area (Å²) in [5.41, 5.74) is 1.34. The van der Waals surface area contributed by atoms with E-state index < -0.39 is 5.82 Å². The van der Waals surface area contributed by atoms with Crippen molar-refractivity contribution in [2.75, 3.05) is 50.8 Å². The number of pyridine rings is 1. The van der Waals surface area contributed by atoms with E-state index in [4.69, 9.17) is 49.5 Å². The third kappa shape index (κ3) is 5.30. The van der Waals surface area contributed by atoms with Crippen LogP contribution in [0.25, 0.3) is 37.9 Å². The van der Waals surface area contributed by atoms with Gasteiger partial charge in [0, 0.05) is 30.6 Å². The van der Waals surface area contributed by atoms with E-state index in [1.165, 1.54) is 12.1 Å². The molecule has 0 spiro atoms. The van der Waals surface area contributed by atoms with Gasteiger partial charge in [-0.15, -0.1) is 0 Å². The molecule has 0 saturated carbocycles. The number of hydrogen-bond acceptors (Lipinski definition) is 7. The van der Waals surface area contributed by atoms with Crippen LogP contribution < -0.4 is 9.64 Å². The lowest BCUT2D eigenvalue weighted by atomic mass is 9.95. The maximum absolute atomic E-state index is 14.6. The molecule has 2 aromatic carbocycles. The van der Waals surface area contributed by atoms with E-state index in [0.717, 1.165) is 44.2 Å². The molecule has 1 atom stereocenters. The topological polar surface area (TPSA) is 79.1 Å². The summed E-state index contributed by atoms with van der Waals surface area (Å²) in [6.07, 6.45) is 5.70. The minimum Gasteiger partial charge on any atom is -0.461 e. The van der Waals surface area contributed by atoms with E-state index in [2.05, 4.69) is 16.3 Å². The fourth-order valence-electron chi connectivity index (χ4n) is 7.37. The van der Waals surface area contributed by atoms with Gasteiger partial charge in [0.15, 0.2) is 5.65 Å². The van der Waals surface area contributed by atoms with Crippen LogP contribution in [0.2, 0.25) is 10.0 Å². The van der Waals surface area contributed by atoms with Gasteiger partial charge in [0.2, 0.25) is 12.5 Å². The van der Waals surface area contributed by atoms with Crippen LogP contribution in [0.5, 0.6) is 6.01 Å². The number of fused-ring (bicyclic) bond motifs is 3. The number of rotatable bonds is 7. The number of anilines is 1. The molecule has 12 heteroatoms. The first kappa shape index (κ1) is 30.6. The number of hydrogen-bond donors (Lipinski definition) is 0. The summed E-state index contributed by atoms with van der Waals surface area (Å²) in [7, 11) is 0. The second-order valence-electron chi connectivity index (χ2n) is 12.2. The summed E-state index contributed by atoms with van der Waals surface area (Å²) in [5, 5.41) is 2.18. The van der Waals surface area contributed by atoms with Crippen molar-refractivity contribution in [2.24, 2.45) is 0 Å². The zero-order valence-electron chi connectivity index (χ0n) is 25.2. The van der Waals surface area contributed by atoms with Crippen LogP contribution in [-0.2, 0) is 4.79 Å². The molecule has 5 heterocycles. The number of halogens is 3. The summed E-state index contributed by atoms with van der Waals surface area (Å²) in [6.45, 7) is 15.1. The molecule has 7 rings (SSSR count). The molecule has 1 amide bonds. The molecular weight excluding hydrogens is 628 g/mol. The molecule has 0 unspecified atom stereocenters. The SMILES string of the molecule is [C-]#[N+]C[C@H]1CN(c2nc(OCC34CCCN3CCC4)nc3nc(-c4cccc5ccc(F)c(Cl)c45)c(Cl)cc23)CCN1C(=O)C=C. The van der Waals surface area contributed by atoms with Crippen molar-refractivity contribution in [3.63, 3.8) is 0 Å². The van der Waals surface area contributed by atoms with Gasteiger partial charge in [0.25, 0.3) is 0 Å². The Morgan fingerprint density at radius 1 is 1.13 bits per heavy atom. The highest BCUT2D eigenvalue weighted by molar-refractivity contribution is 6.38. The lowest BCUT2D eigenvalue weighted by Crippen LogP contribution is -2.56. The van der Waals surface area contributed by atoms with Crippen LogP contribution in [-0.4, -0.2) is 88.1 Å². The average Bonchev–Trinajstić information content (AvgIpc) is 3.65. The van der Waals surface area contributed by atoms with Gasteiger partial charge in [-0.05, 0) is 62.4 Å². The highest BCUT2D eigenvalue weighted by Gasteiger charge is 2.45. The van der Waals surface area contributed by atoms with E-state index >= 15 is 0 Å². The van der Waals surface area contributed by atoms with Crippen LogP contribution in [0.15, 0.2) is 49.1 Å².